The SMILES string of the molecule is COC(=O)c1oc(COC(=O)CCCNC(=O)c2ccc(Cl)cc2)cc1C. The van der Waals surface area contributed by atoms with Crippen LogP contribution in [-0.2, 0) is 20.9 Å². The van der Waals surface area contributed by atoms with Crippen LogP contribution in [0, 0.1) is 6.92 Å². The summed E-state index contributed by atoms with van der Waals surface area (Å²) >= 11 is 5.77. The van der Waals surface area contributed by atoms with Gasteiger partial charge in [-0.25, -0.2) is 4.79 Å². The van der Waals surface area contributed by atoms with Crippen LogP contribution in [0.2, 0.25) is 5.02 Å². The first-order valence-corrected chi connectivity index (χ1v) is 8.65. The molecule has 0 saturated carbocycles. The summed E-state index contributed by atoms with van der Waals surface area (Å²) in [5.74, 6) is -0.793. The first kappa shape index (κ1) is 20.5. The molecule has 2 rings (SSSR count). The van der Waals surface area contributed by atoms with Crippen molar-refractivity contribution >= 4 is 29.4 Å². The third kappa shape index (κ3) is 6.14. The summed E-state index contributed by atoms with van der Waals surface area (Å²) in [5.41, 5.74) is 1.11. The van der Waals surface area contributed by atoms with Gasteiger partial charge in [-0.05, 0) is 43.7 Å². The summed E-state index contributed by atoms with van der Waals surface area (Å²) in [6.45, 7) is 1.96. The lowest BCUT2D eigenvalue weighted by atomic mass is 10.2. The number of esters is 2. The van der Waals surface area contributed by atoms with E-state index in [0.717, 1.165) is 0 Å². The Balaban J connectivity index is 1.68. The van der Waals surface area contributed by atoms with Crippen LogP contribution in [-0.4, -0.2) is 31.5 Å². The van der Waals surface area contributed by atoms with Gasteiger partial charge in [0.25, 0.3) is 5.91 Å². The summed E-state index contributed by atoms with van der Waals surface area (Å²) < 4.78 is 15.0. The minimum Gasteiger partial charge on any atom is -0.463 e. The van der Waals surface area contributed by atoms with Crippen LogP contribution < -0.4 is 5.32 Å². The number of hydrogen-bond donors (Lipinski definition) is 1. The molecule has 0 aliphatic heterocycles. The molecular weight excluding hydrogens is 374 g/mol. The second-order valence-corrected chi connectivity index (χ2v) is 6.18. The smallest absolute Gasteiger partial charge is 0.374 e. The van der Waals surface area contributed by atoms with E-state index in [9.17, 15) is 14.4 Å². The lowest BCUT2D eigenvalue weighted by molar-refractivity contribution is -0.145. The van der Waals surface area contributed by atoms with E-state index in [2.05, 4.69) is 10.1 Å². The number of rotatable bonds is 8. The highest BCUT2D eigenvalue weighted by Crippen LogP contribution is 2.16. The van der Waals surface area contributed by atoms with E-state index in [-0.39, 0.29) is 24.7 Å². The zero-order chi connectivity index (χ0) is 19.8. The van der Waals surface area contributed by atoms with Crippen LogP contribution >= 0.6 is 11.6 Å². The van der Waals surface area contributed by atoms with E-state index >= 15 is 0 Å². The molecule has 0 saturated heterocycles. The first-order valence-electron chi connectivity index (χ1n) is 8.27. The van der Waals surface area contributed by atoms with Gasteiger partial charge in [0.1, 0.15) is 12.4 Å². The maximum Gasteiger partial charge on any atom is 0.374 e. The van der Waals surface area contributed by atoms with E-state index in [4.69, 9.17) is 20.8 Å². The van der Waals surface area contributed by atoms with Crippen molar-refractivity contribution in [3.8, 4) is 0 Å². The topological polar surface area (TPSA) is 94.8 Å². The molecule has 27 heavy (non-hydrogen) atoms. The maximum absolute atomic E-state index is 11.9. The van der Waals surface area contributed by atoms with Crippen LogP contribution in [0.5, 0.6) is 0 Å². The van der Waals surface area contributed by atoms with E-state index < -0.39 is 11.9 Å². The van der Waals surface area contributed by atoms with Crippen molar-refractivity contribution in [3.63, 3.8) is 0 Å². The molecule has 1 aromatic heterocycles. The Morgan fingerprint density at radius 3 is 2.56 bits per heavy atom. The van der Waals surface area contributed by atoms with Crippen molar-refractivity contribution in [2.24, 2.45) is 0 Å². The molecule has 1 aromatic carbocycles. The van der Waals surface area contributed by atoms with Gasteiger partial charge in [0.2, 0.25) is 5.76 Å². The Morgan fingerprint density at radius 1 is 1.19 bits per heavy atom. The number of amides is 1. The number of nitrogens with one attached hydrogen (secondary N) is 1. The van der Waals surface area contributed by atoms with E-state index in [0.29, 0.717) is 34.9 Å². The molecule has 8 heteroatoms. The molecule has 0 atom stereocenters. The average molecular weight is 394 g/mol. The summed E-state index contributed by atoms with van der Waals surface area (Å²) in [4.78, 5) is 35.1. The number of furan rings is 1. The lowest BCUT2D eigenvalue weighted by Crippen LogP contribution is -2.24. The molecule has 0 radical (unpaired) electrons. The number of methoxy groups -OCH3 is 1. The number of aryl methyl sites for hydroxylation is 1. The second kappa shape index (κ2) is 9.78. The molecule has 1 amide bonds. The van der Waals surface area contributed by atoms with Crippen LogP contribution in [0.1, 0.15) is 45.1 Å². The number of carbonyl (C=O) groups is 3. The van der Waals surface area contributed by atoms with Crippen molar-refractivity contribution in [1.82, 2.24) is 5.32 Å². The first-order chi connectivity index (χ1) is 12.9. The van der Waals surface area contributed by atoms with Gasteiger partial charge in [-0.15, -0.1) is 0 Å². The third-order valence-electron chi connectivity index (χ3n) is 3.66. The Morgan fingerprint density at radius 2 is 1.89 bits per heavy atom. The van der Waals surface area contributed by atoms with Crippen LogP contribution in [0.25, 0.3) is 0 Å². The number of halogens is 1. The van der Waals surface area contributed by atoms with Crippen molar-refractivity contribution in [1.29, 1.82) is 0 Å². The third-order valence-corrected chi connectivity index (χ3v) is 3.92. The van der Waals surface area contributed by atoms with E-state index in [1.807, 2.05) is 0 Å². The molecule has 0 aliphatic rings. The molecule has 1 heterocycles. The number of carbonyl (C=O) groups excluding carboxylic acids is 3. The summed E-state index contributed by atoms with van der Waals surface area (Å²) in [6, 6.07) is 8.14. The van der Waals surface area contributed by atoms with Crippen molar-refractivity contribution in [2.45, 2.75) is 26.4 Å². The maximum atomic E-state index is 11.9. The molecule has 7 nitrogen and oxygen atoms in total. The molecular formula is C19H20ClNO6. The van der Waals surface area contributed by atoms with E-state index in [1.54, 1.807) is 37.3 Å². The quantitative estimate of drug-likeness (QED) is 0.546. The Kier molecular flexibility index (Phi) is 7.43. The Hall–Kier alpha value is -2.80. The van der Waals surface area contributed by atoms with Gasteiger partial charge in [-0.3, -0.25) is 9.59 Å². The molecule has 0 bridgehead atoms. The van der Waals surface area contributed by atoms with Crippen molar-refractivity contribution in [2.75, 3.05) is 13.7 Å². The zero-order valence-corrected chi connectivity index (χ0v) is 15.8. The Bertz CT molecular complexity index is 812. The fourth-order valence-corrected chi connectivity index (χ4v) is 2.40. The standard InChI is InChI=1S/C19H20ClNO6/c1-12-10-15(27-17(12)19(24)25-2)11-26-16(22)4-3-9-21-18(23)13-5-7-14(20)8-6-13/h5-8,10H,3-4,9,11H2,1-2H3,(H,21,23). The second-order valence-electron chi connectivity index (χ2n) is 5.74. The van der Waals surface area contributed by atoms with Gasteiger partial charge >= 0.3 is 11.9 Å². The molecule has 0 spiro atoms. The summed E-state index contributed by atoms with van der Waals surface area (Å²) in [7, 11) is 1.26. The summed E-state index contributed by atoms with van der Waals surface area (Å²) in [5, 5.41) is 3.27. The number of benzene rings is 1. The van der Waals surface area contributed by atoms with Gasteiger partial charge < -0.3 is 19.2 Å². The van der Waals surface area contributed by atoms with Crippen LogP contribution in [0.15, 0.2) is 34.7 Å². The molecule has 0 aliphatic carbocycles. The molecule has 0 fully saturated rings. The van der Waals surface area contributed by atoms with E-state index in [1.165, 1.54) is 7.11 Å². The summed E-state index contributed by atoms with van der Waals surface area (Å²) in [6.07, 6.45) is 0.577. The zero-order valence-electron chi connectivity index (χ0n) is 15.0. The Labute approximate surface area is 161 Å². The normalized spacial score (nSPS) is 10.3. The minimum atomic E-state index is -0.582. The lowest BCUT2D eigenvalue weighted by Gasteiger charge is -2.06. The van der Waals surface area contributed by atoms with Gasteiger partial charge in [-0.1, -0.05) is 11.6 Å². The fraction of sp³-hybridized carbons (Fsp3) is 0.316. The van der Waals surface area contributed by atoms with Crippen molar-refractivity contribution < 1.29 is 28.3 Å². The molecule has 2 aromatic rings. The highest BCUT2D eigenvalue weighted by molar-refractivity contribution is 6.30. The fourth-order valence-electron chi connectivity index (χ4n) is 2.28. The highest BCUT2D eigenvalue weighted by Gasteiger charge is 2.17. The molecule has 1 N–H and O–H groups in total. The largest absolute Gasteiger partial charge is 0.463 e. The van der Waals surface area contributed by atoms with Crippen molar-refractivity contribution in [3.05, 3.63) is 58.0 Å². The molecule has 144 valence electrons. The average Bonchev–Trinajstić information content (AvgIpc) is 3.04. The van der Waals surface area contributed by atoms with Crippen LogP contribution in [0.3, 0.4) is 0 Å². The predicted molar refractivity (Wildman–Crippen MR) is 97.6 cm³/mol. The van der Waals surface area contributed by atoms with Gasteiger partial charge in [0.05, 0.1) is 7.11 Å². The van der Waals surface area contributed by atoms with Crippen LogP contribution in [0.4, 0.5) is 0 Å². The minimum absolute atomic E-state index is 0.0756. The monoisotopic (exact) mass is 393 g/mol. The van der Waals surface area contributed by atoms with Gasteiger partial charge in [0.15, 0.2) is 0 Å². The highest BCUT2D eigenvalue weighted by atomic mass is 35.5. The molecule has 0 unspecified atom stereocenters. The van der Waals surface area contributed by atoms with Gasteiger partial charge in [0, 0.05) is 29.1 Å². The number of ether oxygens (including phenoxy) is 2. The van der Waals surface area contributed by atoms with Gasteiger partial charge in [-0.2, -0.15) is 0 Å². The number of hydrogen-bond acceptors (Lipinski definition) is 6. The predicted octanol–water partition coefficient (Wildman–Crippen LogP) is 3.28.